The van der Waals surface area contributed by atoms with Crippen molar-refractivity contribution in [2.75, 3.05) is 6.61 Å². The van der Waals surface area contributed by atoms with Crippen LogP contribution in [-0.2, 0) is 9.47 Å². The van der Waals surface area contributed by atoms with E-state index in [-0.39, 0.29) is 12.1 Å². The summed E-state index contributed by atoms with van der Waals surface area (Å²) in [4.78, 5) is 11.8. The molecule has 5 nitrogen and oxygen atoms in total. The van der Waals surface area contributed by atoms with Crippen LogP contribution in [0.25, 0.3) is 0 Å². The van der Waals surface area contributed by atoms with Crippen LogP contribution in [0.4, 0.5) is 4.79 Å². The number of carbonyl (C=O) groups is 1. The van der Waals surface area contributed by atoms with Crippen molar-refractivity contribution < 1.29 is 14.3 Å². The molecule has 2 atom stereocenters. The summed E-state index contributed by atoms with van der Waals surface area (Å²) < 4.78 is 10.9. The molecule has 1 amide bonds. The maximum Gasteiger partial charge on any atom is 0.407 e. The molecule has 0 spiro atoms. The molecular weight excluding hydrogens is 280 g/mol. The number of hydrogen-bond donors (Lipinski definition) is 2. The summed E-state index contributed by atoms with van der Waals surface area (Å²) in [6, 6.07) is 1.41. The van der Waals surface area contributed by atoms with Gasteiger partial charge in [-0.05, 0) is 66.2 Å². The Balaban J connectivity index is 1.66. The van der Waals surface area contributed by atoms with Crippen molar-refractivity contribution in [1.82, 2.24) is 10.6 Å². The van der Waals surface area contributed by atoms with Gasteiger partial charge in [-0.1, -0.05) is 0 Å². The summed E-state index contributed by atoms with van der Waals surface area (Å²) in [5.41, 5.74) is -0.428. The Hall–Kier alpha value is -0.810. The summed E-state index contributed by atoms with van der Waals surface area (Å²) >= 11 is 0. The van der Waals surface area contributed by atoms with Gasteiger partial charge in [0.1, 0.15) is 5.60 Å². The zero-order chi connectivity index (χ0) is 16.2. The topological polar surface area (TPSA) is 59.6 Å². The van der Waals surface area contributed by atoms with Crippen molar-refractivity contribution >= 4 is 6.09 Å². The van der Waals surface area contributed by atoms with Crippen LogP contribution in [0, 0.1) is 0 Å². The molecule has 0 bridgehead atoms. The Kier molecular flexibility index (Phi) is 6.09. The average Bonchev–Trinajstić information content (AvgIpc) is 2.39. The van der Waals surface area contributed by atoms with Crippen molar-refractivity contribution in [3.8, 4) is 0 Å². The van der Waals surface area contributed by atoms with Crippen LogP contribution in [0.1, 0.15) is 66.2 Å². The van der Waals surface area contributed by atoms with Gasteiger partial charge in [-0.15, -0.1) is 0 Å². The average molecular weight is 312 g/mol. The highest BCUT2D eigenvalue weighted by Gasteiger charge is 2.27. The van der Waals surface area contributed by atoms with E-state index in [0.29, 0.717) is 18.2 Å². The van der Waals surface area contributed by atoms with E-state index in [2.05, 4.69) is 17.6 Å². The van der Waals surface area contributed by atoms with Gasteiger partial charge in [-0.2, -0.15) is 0 Å². The monoisotopic (exact) mass is 312 g/mol. The van der Waals surface area contributed by atoms with Crippen molar-refractivity contribution in [2.24, 2.45) is 0 Å². The molecule has 0 radical (unpaired) electrons. The lowest BCUT2D eigenvalue weighted by Gasteiger charge is -2.35. The maximum absolute atomic E-state index is 11.8. The first kappa shape index (κ1) is 17.5. The van der Waals surface area contributed by atoms with Crippen LogP contribution < -0.4 is 10.6 Å². The van der Waals surface area contributed by atoms with Gasteiger partial charge in [-0.25, -0.2) is 4.79 Å². The van der Waals surface area contributed by atoms with Crippen molar-refractivity contribution in [2.45, 2.75) is 96.1 Å². The minimum atomic E-state index is -0.428. The third-order valence-electron chi connectivity index (χ3n) is 4.40. The summed E-state index contributed by atoms with van der Waals surface area (Å²) in [7, 11) is 0. The third-order valence-corrected chi connectivity index (χ3v) is 4.40. The number of hydrogen-bond acceptors (Lipinski definition) is 4. The van der Waals surface area contributed by atoms with Gasteiger partial charge >= 0.3 is 6.09 Å². The third kappa shape index (κ3) is 6.13. The molecule has 1 saturated carbocycles. The van der Waals surface area contributed by atoms with Gasteiger partial charge in [-0.3, -0.25) is 0 Å². The van der Waals surface area contributed by atoms with Crippen LogP contribution in [0.5, 0.6) is 0 Å². The highest BCUT2D eigenvalue weighted by atomic mass is 16.6. The first-order chi connectivity index (χ1) is 10.3. The maximum atomic E-state index is 11.8. The lowest BCUT2D eigenvalue weighted by atomic mass is 9.90. The molecule has 1 aliphatic carbocycles. The molecule has 0 aromatic heterocycles. The summed E-state index contributed by atoms with van der Waals surface area (Å²) in [6.45, 7) is 8.69. The standard InChI is InChI=1S/C17H32N2O3/c1-12-11-15(9-10-21-12)18-13-5-7-14(8-6-13)19-16(20)22-17(2,3)4/h12-15,18H,5-11H2,1-4H3,(H,19,20). The van der Waals surface area contributed by atoms with Crippen LogP contribution in [0.15, 0.2) is 0 Å². The normalized spacial score (nSPS) is 33.3. The first-order valence-corrected chi connectivity index (χ1v) is 8.69. The second-order valence-corrected chi connectivity index (χ2v) is 7.76. The Bertz CT molecular complexity index is 359. The quantitative estimate of drug-likeness (QED) is 0.841. The van der Waals surface area contributed by atoms with E-state index in [0.717, 1.165) is 45.1 Å². The minimum absolute atomic E-state index is 0.251. The molecular formula is C17H32N2O3. The zero-order valence-electron chi connectivity index (χ0n) is 14.5. The first-order valence-electron chi connectivity index (χ1n) is 8.69. The predicted molar refractivity (Wildman–Crippen MR) is 87.0 cm³/mol. The largest absolute Gasteiger partial charge is 0.444 e. The summed E-state index contributed by atoms with van der Waals surface area (Å²) in [5, 5.41) is 6.77. The van der Waals surface area contributed by atoms with Crippen LogP contribution in [-0.4, -0.2) is 42.5 Å². The molecule has 2 unspecified atom stereocenters. The second kappa shape index (κ2) is 7.64. The van der Waals surface area contributed by atoms with Crippen molar-refractivity contribution in [3.63, 3.8) is 0 Å². The van der Waals surface area contributed by atoms with Gasteiger partial charge in [0.2, 0.25) is 0 Å². The van der Waals surface area contributed by atoms with Crippen LogP contribution in [0.3, 0.4) is 0 Å². The Morgan fingerprint density at radius 1 is 1.05 bits per heavy atom. The fourth-order valence-electron chi connectivity index (χ4n) is 3.36. The molecule has 2 rings (SSSR count). The van der Waals surface area contributed by atoms with Crippen LogP contribution in [0.2, 0.25) is 0 Å². The van der Waals surface area contributed by atoms with E-state index in [1.165, 1.54) is 0 Å². The minimum Gasteiger partial charge on any atom is -0.444 e. The van der Waals surface area contributed by atoms with E-state index in [1.807, 2.05) is 20.8 Å². The Morgan fingerprint density at radius 2 is 1.68 bits per heavy atom. The summed E-state index contributed by atoms with van der Waals surface area (Å²) in [6.07, 6.45) is 6.58. The molecule has 0 aromatic rings. The Labute approximate surface area is 134 Å². The molecule has 1 aliphatic heterocycles. The number of alkyl carbamates (subject to hydrolysis) is 1. The smallest absolute Gasteiger partial charge is 0.407 e. The molecule has 2 fully saturated rings. The van der Waals surface area contributed by atoms with E-state index < -0.39 is 5.60 Å². The molecule has 0 aromatic carbocycles. The highest BCUT2D eigenvalue weighted by molar-refractivity contribution is 5.68. The summed E-state index contributed by atoms with van der Waals surface area (Å²) in [5.74, 6) is 0. The van der Waals surface area contributed by atoms with Gasteiger partial charge in [0.05, 0.1) is 6.10 Å². The molecule has 1 saturated heterocycles. The molecule has 1 heterocycles. The van der Waals surface area contributed by atoms with E-state index in [4.69, 9.17) is 9.47 Å². The second-order valence-electron chi connectivity index (χ2n) is 7.76. The Morgan fingerprint density at radius 3 is 2.27 bits per heavy atom. The number of ether oxygens (including phenoxy) is 2. The van der Waals surface area contributed by atoms with Gasteiger partial charge < -0.3 is 20.1 Å². The predicted octanol–water partition coefficient (Wildman–Crippen LogP) is 2.98. The van der Waals surface area contributed by atoms with E-state index in [9.17, 15) is 4.79 Å². The van der Waals surface area contributed by atoms with Gasteiger partial charge in [0.15, 0.2) is 0 Å². The van der Waals surface area contributed by atoms with E-state index in [1.54, 1.807) is 0 Å². The molecule has 22 heavy (non-hydrogen) atoms. The molecule has 128 valence electrons. The molecule has 5 heteroatoms. The van der Waals surface area contributed by atoms with Gasteiger partial charge in [0, 0.05) is 24.7 Å². The van der Waals surface area contributed by atoms with Crippen molar-refractivity contribution in [1.29, 1.82) is 0 Å². The number of nitrogens with one attached hydrogen (secondary N) is 2. The number of rotatable bonds is 3. The fraction of sp³-hybridized carbons (Fsp3) is 0.941. The lowest BCUT2D eigenvalue weighted by Crippen LogP contribution is -2.48. The van der Waals surface area contributed by atoms with E-state index >= 15 is 0 Å². The van der Waals surface area contributed by atoms with Crippen LogP contribution >= 0.6 is 0 Å². The van der Waals surface area contributed by atoms with Crippen molar-refractivity contribution in [3.05, 3.63) is 0 Å². The van der Waals surface area contributed by atoms with Gasteiger partial charge in [0.25, 0.3) is 0 Å². The SMILES string of the molecule is CC1CC(NC2CCC(NC(=O)OC(C)(C)C)CC2)CCO1. The molecule has 2 aliphatic rings. The number of amides is 1. The zero-order valence-corrected chi connectivity index (χ0v) is 14.5. The molecule has 2 N–H and O–H groups in total. The fourth-order valence-corrected chi connectivity index (χ4v) is 3.36. The lowest BCUT2D eigenvalue weighted by molar-refractivity contribution is 0.00991. The number of carbonyl (C=O) groups excluding carboxylic acids is 1. The highest BCUT2D eigenvalue weighted by Crippen LogP contribution is 2.22.